The molecule has 0 saturated carbocycles. The number of hydrogen-bond donors (Lipinski definition) is 1. The summed E-state index contributed by atoms with van der Waals surface area (Å²) < 4.78 is 13.1. The van der Waals surface area contributed by atoms with E-state index in [4.69, 9.17) is 11.6 Å². The molecule has 2 atom stereocenters. The third kappa shape index (κ3) is 6.34. The Balaban J connectivity index is 2.20. The maximum Gasteiger partial charge on any atom is 0.242 e. The van der Waals surface area contributed by atoms with E-state index in [0.29, 0.717) is 10.6 Å². The Morgan fingerprint density at radius 3 is 2.18 bits per heavy atom. The van der Waals surface area contributed by atoms with E-state index in [1.54, 1.807) is 36.1 Å². The first-order chi connectivity index (χ1) is 13.3. The molecule has 2 aromatic rings. The van der Waals surface area contributed by atoms with E-state index in [1.165, 1.54) is 12.1 Å². The van der Waals surface area contributed by atoms with E-state index in [9.17, 15) is 14.0 Å². The van der Waals surface area contributed by atoms with Crippen molar-refractivity contribution in [2.75, 3.05) is 0 Å². The van der Waals surface area contributed by atoms with Crippen LogP contribution in [0.15, 0.2) is 48.5 Å². The summed E-state index contributed by atoms with van der Waals surface area (Å²) in [5, 5.41) is 3.53. The van der Waals surface area contributed by atoms with E-state index in [-0.39, 0.29) is 36.6 Å². The summed E-state index contributed by atoms with van der Waals surface area (Å²) in [5.41, 5.74) is 1.57. The smallest absolute Gasteiger partial charge is 0.242 e. The fraction of sp³-hybridized carbons (Fsp3) is 0.364. The molecule has 28 heavy (non-hydrogen) atoms. The van der Waals surface area contributed by atoms with Crippen molar-refractivity contribution in [3.05, 3.63) is 70.5 Å². The van der Waals surface area contributed by atoms with Crippen LogP contribution in [0.5, 0.6) is 0 Å². The lowest BCUT2D eigenvalue weighted by Crippen LogP contribution is -2.49. The summed E-state index contributed by atoms with van der Waals surface area (Å²) in [7, 11) is 0. The van der Waals surface area contributed by atoms with Crippen LogP contribution in [0.25, 0.3) is 0 Å². The van der Waals surface area contributed by atoms with Crippen LogP contribution in [0.1, 0.15) is 38.3 Å². The number of amides is 2. The van der Waals surface area contributed by atoms with Crippen molar-refractivity contribution in [3.63, 3.8) is 0 Å². The number of carbonyl (C=O) groups excluding carboxylic acids is 2. The molecule has 4 nitrogen and oxygen atoms in total. The zero-order valence-electron chi connectivity index (χ0n) is 16.4. The van der Waals surface area contributed by atoms with Gasteiger partial charge in [0, 0.05) is 17.6 Å². The van der Waals surface area contributed by atoms with Crippen LogP contribution in [-0.2, 0) is 22.6 Å². The lowest BCUT2D eigenvalue weighted by molar-refractivity contribution is -0.140. The average molecular weight is 405 g/mol. The molecule has 0 aromatic heterocycles. The van der Waals surface area contributed by atoms with E-state index in [2.05, 4.69) is 5.32 Å². The Bertz CT molecular complexity index is 793. The molecule has 0 radical (unpaired) electrons. The van der Waals surface area contributed by atoms with Crippen molar-refractivity contribution < 1.29 is 14.0 Å². The summed E-state index contributed by atoms with van der Waals surface area (Å²) in [6, 6.07) is 12.4. The van der Waals surface area contributed by atoms with E-state index < -0.39 is 6.04 Å². The number of nitrogens with one attached hydrogen (secondary N) is 1. The standard InChI is InChI=1S/C22H26ClFN2O2/c1-4-15(2)25-22(28)16(3)26(14-18-5-9-19(23)10-6-18)21(27)13-17-7-11-20(24)12-8-17/h5-12,15-16H,4,13-14H2,1-3H3,(H,25,28)/t15-,16+/m0/s1. The topological polar surface area (TPSA) is 49.4 Å². The number of carbonyl (C=O) groups is 2. The van der Waals surface area contributed by atoms with Gasteiger partial charge in [0.2, 0.25) is 11.8 Å². The fourth-order valence-corrected chi connectivity index (χ4v) is 2.84. The van der Waals surface area contributed by atoms with Crippen molar-refractivity contribution in [2.45, 2.75) is 52.2 Å². The highest BCUT2D eigenvalue weighted by Gasteiger charge is 2.26. The normalized spacial score (nSPS) is 12.9. The Labute approximate surface area is 170 Å². The van der Waals surface area contributed by atoms with Gasteiger partial charge in [-0.2, -0.15) is 0 Å². The molecule has 0 aliphatic heterocycles. The highest BCUT2D eigenvalue weighted by Crippen LogP contribution is 2.15. The maximum absolute atomic E-state index is 13.1. The molecule has 0 unspecified atom stereocenters. The molecule has 2 amide bonds. The summed E-state index contributed by atoms with van der Waals surface area (Å²) in [4.78, 5) is 27.2. The van der Waals surface area contributed by atoms with Gasteiger partial charge in [0.25, 0.3) is 0 Å². The van der Waals surface area contributed by atoms with Gasteiger partial charge in [-0.15, -0.1) is 0 Å². The Kier molecular flexibility index (Phi) is 8.00. The Morgan fingerprint density at radius 1 is 1.04 bits per heavy atom. The molecule has 2 aromatic carbocycles. The van der Waals surface area contributed by atoms with Gasteiger partial charge in [-0.25, -0.2) is 4.39 Å². The number of rotatable bonds is 8. The zero-order chi connectivity index (χ0) is 20.7. The first-order valence-corrected chi connectivity index (χ1v) is 9.76. The lowest BCUT2D eigenvalue weighted by atomic mass is 10.1. The van der Waals surface area contributed by atoms with Crippen molar-refractivity contribution in [1.82, 2.24) is 10.2 Å². The van der Waals surface area contributed by atoms with Gasteiger partial charge in [0.15, 0.2) is 0 Å². The Hall–Kier alpha value is -2.40. The number of nitrogens with zero attached hydrogens (tertiary/aromatic N) is 1. The molecule has 0 fully saturated rings. The van der Waals surface area contributed by atoms with E-state index in [0.717, 1.165) is 12.0 Å². The fourth-order valence-electron chi connectivity index (χ4n) is 2.71. The van der Waals surface area contributed by atoms with Crippen LogP contribution in [-0.4, -0.2) is 28.8 Å². The average Bonchev–Trinajstić information content (AvgIpc) is 2.68. The first kappa shape index (κ1) is 21.9. The second-order valence-corrected chi connectivity index (χ2v) is 7.38. The molecular weight excluding hydrogens is 379 g/mol. The molecule has 0 aliphatic rings. The number of benzene rings is 2. The van der Waals surface area contributed by atoms with Gasteiger partial charge in [-0.1, -0.05) is 42.8 Å². The van der Waals surface area contributed by atoms with Gasteiger partial charge in [0.1, 0.15) is 11.9 Å². The van der Waals surface area contributed by atoms with Gasteiger partial charge >= 0.3 is 0 Å². The quantitative estimate of drug-likeness (QED) is 0.710. The SMILES string of the molecule is CC[C@H](C)NC(=O)[C@@H](C)N(Cc1ccc(Cl)cc1)C(=O)Cc1ccc(F)cc1. The third-order valence-electron chi connectivity index (χ3n) is 4.70. The lowest BCUT2D eigenvalue weighted by Gasteiger charge is -2.30. The second-order valence-electron chi connectivity index (χ2n) is 6.95. The van der Waals surface area contributed by atoms with Crippen LogP contribution in [0.4, 0.5) is 4.39 Å². The minimum absolute atomic E-state index is 0.0273. The zero-order valence-corrected chi connectivity index (χ0v) is 17.2. The second kappa shape index (κ2) is 10.2. The molecule has 150 valence electrons. The molecule has 1 N–H and O–H groups in total. The van der Waals surface area contributed by atoms with Crippen molar-refractivity contribution >= 4 is 23.4 Å². The van der Waals surface area contributed by atoms with Crippen LogP contribution in [0.3, 0.4) is 0 Å². The van der Waals surface area contributed by atoms with E-state index in [1.807, 2.05) is 26.0 Å². The first-order valence-electron chi connectivity index (χ1n) is 9.39. The van der Waals surface area contributed by atoms with Gasteiger partial charge in [0.05, 0.1) is 6.42 Å². The highest BCUT2D eigenvalue weighted by atomic mass is 35.5. The minimum atomic E-state index is -0.641. The Morgan fingerprint density at radius 2 is 1.61 bits per heavy atom. The summed E-state index contributed by atoms with van der Waals surface area (Å²) in [6.07, 6.45) is 0.897. The molecule has 2 rings (SSSR count). The monoisotopic (exact) mass is 404 g/mol. The third-order valence-corrected chi connectivity index (χ3v) is 4.96. The van der Waals surface area contributed by atoms with Gasteiger partial charge < -0.3 is 10.2 Å². The molecule has 0 aliphatic carbocycles. The largest absolute Gasteiger partial charge is 0.352 e. The predicted octanol–water partition coefficient (Wildman–Crippen LogP) is 4.35. The van der Waals surface area contributed by atoms with E-state index >= 15 is 0 Å². The van der Waals surface area contributed by atoms with Crippen molar-refractivity contribution in [2.24, 2.45) is 0 Å². The van der Waals surface area contributed by atoms with Crippen LogP contribution in [0.2, 0.25) is 5.02 Å². The van der Waals surface area contributed by atoms with Crippen molar-refractivity contribution in [3.8, 4) is 0 Å². The maximum atomic E-state index is 13.1. The molecule has 0 bridgehead atoms. The summed E-state index contributed by atoms with van der Waals surface area (Å²) >= 11 is 5.94. The summed E-state index contributed by atoms with van der Waals surface area (Å²) in [6.45, 7) is 5.91. The summed E-state index contributed by atoms with van der Waals surface area (Å²) in [5.74, 6) is -0.750. The molecule has 0 saturated heterocycles. The van der Waals surface area contributed by atoms with Crippen LogP contribution in [0, 0.1) is 5.82 Å². The van der Waals surface area contributed by atoms with Gasteiger partial charge in [-0.3, -0.25) is 9.59 Å². The molecule has 0 heterocycles. The highest BCUT2D eigenvalue weighted by molar-refractivity contribution is 6.30. The molecule has 0 spiro atoms. The van der Waals surface area contributed by atoms with Crippen molar-refractivity contribution in [1.29, 1.82) is 0 Å². The number of halogens is 2. The van der Waals surface area contributed by atoms with Crippen LogP contribution >= 0.6 is 11.6 Å². The number of hydrogen-bond acceptors (Lipinski definition) is 2. The minimum Gasteiger partial charge on any atom is -0.352 e. The predicted molar refractivity (Wildman–Crippen MR) is 109 cm³/mol. The van der Waals surface area contributed by atoms with Gasteiger partial charge in [-0.05, 0) is 55.7 Å². The van der Waals surface area contributed by atoms with Crippen LogP contribution < -0.4 is 5.32 Å². The molecular formula is C22H26ClFN2O2. The molecule has 6 heteroatoms.